The van der Waals surface area contributed by atoms with Gasteiger partial charge >= 0.3 is 5.97 Å². The van der Waals surface area contributed by atoms with E-state index in [-0.39, 0.29) is 11.1 Å². The Balaban J connectivity index is 2.76. The van der Waals surface area contributed by atoms with Crippen molar-refractivity contribution >= 4 is 21.9 Å². The van der Waals surface area contributed by atoms with Crippen LogP contribution in [-0.2, 0) is 5.41 Å². The van der Waals surface area contributed by atoms with Crippen LogP contribution in [0.5, 0.6) is 0 Å². The number of carboxylic acid groups (broad SMARTS) is 1. The monoisotopic (exact) mass is 337 g/mol. The lowest BCUT2D eigenvalue weighted by molar-refractivity contribution is 0.0687. The van der Waals surface area contributed by atoms with E-state index < -0.39 is 5.97 Å². The molecule has 0 spiro atoms. The van der Waals surface area contributed by atoms with Crippen LogP contribution in [0.4, 0.5) is 0 Å². The summed E-state index contributed by atoms with van der Waals surface area (Å²) in [5, 5.41) is 17.1. The molecule has 0 bridgehead atoms. The minimum absolute atomic E-state index is 0.00842. The topological polar surface area (TPSA) is 68.0 Å². The lowest BCUT2D eigenvalue weighted by Gasteiger charge is -2.21. The quantitative estimate of drug-likeness (QED) is 0.912. The maximum Gasteiger partial charge on any atom is 0.358 e. The summed E-state index contributed by atoms with van der Waals surface area (Å²) in [6.07, 6.45) is 0. The highest BCUT2D eigenvalue weighted by atomic mass is 79.9. The molecule has 106 valence electrons. The summed E-state index contributed by atoms with van der Waals surface area (Å²) in [4.78, 5) is 11.3. The van der Waals surface area contributed by atoms with Crippen molar-refractivity contribution in [2.24, 2.45) is 0 Å². The van der Waals surface area contributed by atoms with Crippen LogP contribution < -0.4 is 0 Å². The van der Waals surface area contributed by atoms with Gasteiger partial charge in [0, 0.05) is 9.89 Å². The first kappa shape index (κ1) is 14.7. The zero-order valence-corrected chi connectivity index (χ0v) is 13.4. The van der Waals surface area contributed by atoms with Crippen LogP contribution in [0.25, 0.3) is 5.69 Å². The van der Waals surface area contributed by atoms with Crippen LogP contribution in [0.2, 0.25) is 0 Å². The molecule has 1 aromatic heterocycles. The number of hydrogen-bond donors (Lipinski definition) is 1. The number of rotatable bonds is 2. The average Bonchev–Trinajstić information content (AvgIpc) is 2.77. The summed E-state index contributed by atoms with van der Waals surface area (Å²) in [6, 6.07) is 5.76. The first-order valence-electron chi connectivity index (χ1n) is 6.18. The predicted molar refractivity (Wildman–Crippen MR) is 79.5 cm³/mol. The second kappa shape index (κ2) is 5.01. The molecular formula is C14H16BrN3O2. The first-order valence-corrected chi connectivity index (χ1v) is 6.97. The Hall–Kier alpha value is -1.69. The number of nitrogens with zero attached hydrogens (tertiary/aromatic N) is 3. The number of aromatic nitrogens is 3. The molecule has 0 aliphatic rings. The Morgan fingerprint density at radius 3 is 2.55 bits per heavy atom. The highest BCUT2D eigenvalue weighted by molar-refractivity contribution is 9.10. The molecule has 0 unspecified atom stereocenters. The van der Waals surface area contributed by atoms with Gasteiger partial charge in [-0.2, -0.15) is 0 Å². The van der Waals surface area contributed by atoms with Crippen LogP contribution in [0.3, 0.4) is 0 Å². The molecule has 2 rings (SSSR count). The second-order valence-electron chi connectivity index (χ2n) is 5.66. The van der Waals surface area contributed by atoms with Crippen molar-refractivity contribution in [3.63, 3.8) is 0 Å². The van der Waals surface area contributed by atoms with Gasteiger partial charge < -0.3 is 5.11 Å². The zero-order valence-electron chi connectivity index (χ0n) is 11.8. The normalized spacial score (nSPS) is 11.7. The molecule has 1 N–H and O–H groups in total. The van der Waals surface area contributed by atoms with E-state index in [1.54, 1.807) is 4.68 Å². The Kier molecular flexibility index (Phi) is 3.69. The molecule has 0 aliphatic carbocycles. The van der Waals surface area contributed by atoms with Gasteiger partial charge in [-0.15, -0.1) is 5.10 Å². The maximum absolute atomic E-state index is 11.3. The Labute approximate surface area is 125 Å². The third-order valence-electron chi connectivity index (χ3n) is 2.98. The largest absolute Gasteiger partial charge is 0.476 e. The summed E-state index contributed by atoms with van der Waals surface area (Å²) in [5.74, 6) is -1.06. The third kappa shape index (κ3) is 2.47. The number of benzene rings is 1. The Morgan fingerprint density at radius 2 is 2.00 bits per heavy atom. The molecule has 20 heavy (non-hydrogen) atoms. The fourth-order valence-electron chi connectivity index (χ4n) is 2.06. The summed E-state index contributed by atoms with van der Waals surface area (Å²) >= 11 is 3.53. The van der Waals surface area contributed by atoms with Crippen molar-refractivity contribution in [1.82, 2.24) is 15.0 Å². The van der Waals surface area contributed by atoms with E-state index in [1.807, 2.05) is 45.9 Å². The van der Waals surface area contributed by atoms with Gasteiger partial charge in [-0.25, -0.2) is 9.48 Å². The molecule has 0 fully saturated rings. The minimum atomic E-state index is -1.06. The molecule has 6 heteroatoms. The molecule has 0 atom stereocenters. The van der Waals surface area contributed by atoms with Gasteiger partial charge in [0.15, 0.2) is 5.69 Å². The highest BCUT2D eigenvalue weighted by Gasteiger charge is 2.30. The van der Waals surface area contributed by atoms with Gasteiger partial charge in [-0.1, -0.05) is 38.1 Å². The number of halogens is 1. The fraction of sp³-hybridized carbons (Fsp3) is 0.357. The van der Waals surface area contributed by atoms with E-state index >= 15 is 0 Å². The number of carboxylic acids is 1. The lowest BCUT2D eigenvalue weighted by Crippen LogP contribution is -2.21. The minimum Gasteiger partial charge on any atom is -0.476 e. The van der Waals surface area contributed by atoms with Crippen molar-refractivity contribution in [3.05, 3.63) is 39.6 Å². The third-order valence-corrected chi connectivity index (χ3v) is 4.01. The van der Waals surface area contributed by atoms with E-state index in [2.05, 4.69) is 26.2 Å². The first-order chi connectivity index (χ1) is 9.23. The number of hydrogen-bond acceptors (Lipinski definition) is 3. The summed E-state index contributed by atoms with van der Waals surface area (Å²) in [7, 11) is 0. The standard InChI is InChI=1S/C14H16BrN3O2/c1-8-6-5-7-9(10(8)15)18-12(14(2,3)4)11(13(19)20)16-17-18/h5-7H,1-4H3,(H,19,20). The van der Waals surface area contributed by atoms with Crippen LogP contribution >= 0.6 is 15.9 Å². The Morgan fingerprint density at radius 1 is 1.35 bits per heavy atom. The molecule has 5 nitrogen and oxygen atoms in total. The number of aryl methyl sites for hydroxylation is 1. The van der Waals surface area contributed by atoms with Gasteiger partial charge in [0.2, 0.25) is 0 Å². The lowest BCUT2D eigenvalue weighted by atomic mass is 9.90. The van der Waals surface area contributed by atoms with Crippen molar-refractivity contribution in [2.45, 2.75) is 33.1 Å². The van der Waals surface area contributed by atoms with Gasteiger partial charge in [0.25, 0.3) is 0 Å². The van der Waals surface area contributed by atoms with E-state index in [0.717, 1.165) is 15.7 Å². The highest BCUT2D eigenvalue weighted by Crippen LogP contribution is 2.31. The average molecular weight is 338 g/mol. The molecule has 0 amide bonds. The van der Waals surface area contributed by atoms with Gasteiger partial charge in [0.1, 0.15) is 0 Å². The van der Waals surface area contributed by atoms with Crippen molar-refractivity contribution < 1.29 is 9.90 Å². The van der Waals surface area contributed by atoms with E-state index in [0.29, 0.717) is 5.69 Å². The number of carbonyl (C=O) groups is 1. The Bertz CT molecular complexity index is 672. The molecule has 0 saturated heterocycles. The van der Waals surface area contributed by atoms with E-state index in [4.69, 9.17) is 0 Å². The molecular weight excluding hydrogens is 322 g/mol. The molecule has 2 aromatic rings. The molecule has 0 aliphatic heterocycles. The summed E-state index contributed by atoms with van der Waals surface area (Å²) in [6.45, 7) is 7.80. The summed E-state index contributed by atoms with van der Waals surface area (Å²) in [5.41, 5.74) is 2.02. The van der Waals surface area contributed by atoms with E-state index in [9.17, 15) is 9.90 Å². The second-order valence-corrected chi connectivity index (χ2v) is 6.45. The fourth-order valence-corrected chi connectivity index (χ4v) is 2.50. The van der Waals surface area contributed by atoms with Crippen molar-refractivity contribution in [2.75, 3.05) is 0 Å². The van der Waals surface area contributed by atoms with Gasteiger partial charge in [0.05, 0.1) is 11.4 Å². The zero-order chi connectivity index (χ0) is 15.1. The van der Waals surface area contributed by atoms with Crippen LogP contribution in [0.15, 0.2) is 22.7 Å². The van der Waals surface area contributed by atoms with Gasteiger partial charge in [-0.05, 0) is 34.5 Å². The van der Waals surface area contributed by atoms with Crippen LogP contribution in [0, 0.1) is 6.92 Å². The number of aromatic carboxylic acids is 1. The molecule has 0 saturated carbocycles. The van der Waals surface area contributed by atoms with Crippen LogP contribution in [0.1, 0.15) is 42.5 Å². The maximum atomic E-state index is 11.3. The van der Waals surface area contributed by atoms with Gasteiger partial charge in [-0.3, -0.25) is 0 Å². The van der Waals surface area contributed by atoms with Crippen LogP contribution in [-0.4, -0.2) is 26.1 Å². The van der Waals surface area contributed by atoms with Crippen molar-refractivity contribution in [3.8, 4) is 5.69 Å². The van der Waals surface area contributed by atoms with E-state index in [1.165, 1.54) is 0 Å². The summed E-state index contributed by atoms with van der Waals surface area (Å²) < 4.78 is 2.48. The SMILES string of the molecule is Cc1cccc(-n2nnc(C(=O)O)c2C(C)(C)C)c1Br. The smallest absolute Gasteiger partial charge is 0.358 e. The van der Waals surface area contributed by atoms with Crippen molar-refractivity contribution in [1.29, 1.82) is 0 Å². The molecule has 0 radical (unpaired) electrons. The molecule has 1 heterocycles. The predicted octanol–water partition coefficient (Wildman–Crippen LogP) is 3.33. The molecule has 1 aromatic carbocycles.